The summed E-state index contributed by atoms with van der Waals surface area (Å²) in [6.07, 6.45) is 2.73. The smallest absolute Gasteiger partial charge is 0.262 e. The number of rotatable bonds is 6. The number of imide groups is 1. The second-order valence-corrected chi connectivity index (χ2v) is 10.6. The minimum atomic E-state index is -3.57. The summed E-state index contributed by atoms with van der Waals surface area (Å²) in [5.41, 5.74) is 0.960. The third kappa shape index (κ3) is 4.30. The molecule has 2 aromatic rings. The molecule has 4 rings (SSSR count). The molecular formula is C24H27N3O5S. The molecule has 0 bridgehead atoms. The Morgan fingerprint density at radius 2 is 1.42 bits per heavy atom. The highest BCUT2D eigenvalue weighted by Crippen LogP contribution is 2.28. The molecule has 2 aliphatic rings. The van der Waals surface area contributed by atoms with E-state index in [0.29, 0.717) is 18.8 Å². The Kier molecular flexibility index (Phi) is 6.36. The molecule has 0 saturated carbocycles. The molecule has 1 atom stereocenters. The molecule has 1 fully saturated rings. The molecule has 8 nitrogen and oxygen atoms in total. The maximum Gasteiger partial charge on any atom is 0.262 e. The lowest BCUT2D eigenvalue weighted by Gasteiger charge is -2.28. The zero-order valence-corrected chi connectivity index (χ0v) is 19.5. The average molecular weight is 470 g/mol. The van der Waals surface area contributed by atoms with E-state index in [1.807, 2.05) is 0 Å². The van der Waals surface area contributed by atoms with Crippen LogP contribution < -0.4 is 5.32 Å². The van der Waals surface area contributed by atoms with Crippen molar-refractivity contribution >= 4 is 33.4 Å². The molecule has 2 heterocycles. The van der Waals surface area contributed by atoms with E-state index in [1.165, 1.54) is 28.6 Å². The van der Waals surface area contributed by atoms with Crippen LogP contribution in [-0.2, 0) is 14.8 Å². The van der Waals surface area contributed by atoms with Crippen molar-refractivity contribution in [2.24, 2.45) is 5.92 Å². The standard InChI is InChI=1S/C24H27N3O5S/c1-16(2)21(27-23(29)19-8-4-5-9-20(19)24(27)30)22(28)25-17-10-12-18(13-11-17)33(31,32)26-14-6-3-7-15-26/h4-5,8-13,16,21H,3,6-7,14-15H2,1-2H3,(H,25,28). The first-order chi connectivity index (χ1) is 15.7. The number of carbonyl (C=O) groups is 3. The van der Waals surface area contributed by atoms with Gasteiger partial charge in [-0.3, -0.25) is 19.3 Å². The summed E-state index contributed by atoms with van der Waals surface area (Å²) < 4.78 is 27.1. The monoisotopic (exact) mass is 469 g/mol. The number of hydrogen-bond donors (Lipinski definition) is 1. The van der Waals surface area contributed by atoms with Gasteiger partial charge in [0.25, 0.3) is 11.8 Å². The van der Waals surface area contributed by atoms with Crippen LogP contribution in [0.4, 0.5) is 5.69 Å². The summed E-state index contributed by atoms with van der Waals surface area (Å²) in [5, 5.41) is 2.73. The van der Waals surface area contributed by atoms with Crippen molar-refractivity contribution in [2.45, 2.75) is 44.0 Å². The van der Waals surface area contributed by atoms with E-state index in [0.717, 1.165) is 24.2 Å². The van der Waals surface area contributed by atoms with Gasteiger partial charge in [0.15, 0.2) is 0 Å². The maximum atomic E-state index is 13.1. The SMILES string of the molecule is CC(C)C(C(=O)Nc1ccc(S(=O)(=O)N2CCCCC2)cc1)N1C(=O)c2ccccc2C1=O. The molecule has 0 aliphatic carbocycles. The minimum absolute atomic E-state index is 0.170. The number of nitrogens with one attached hydrogen (secondary N) is 1. The highest BCUT2D eigenvalue weighted by Gasteiger charge is 2.43. The van der Waals surface area contributed by atoms with Crippen molar-refractivity contribution in [3.63, 3.8) is 0 Å². The number of sulfonamides is 1. The average Bonchev–Trinajstić information content (AvgIpc) is 3.05. The third-order valence-corrected chi connectivity index (χ3v) is 7.99. The molecule has 3 amide bonds. The Labute approximate surface area is 193 Å². The number of carbonyl (C=O) groups excluding carboxylic acids is 3. The van der Waals surface area contributed by atoms with Gasteiger partial charge in [0.1, 0.15) is 6.04 Å². The van der Waals surface area contributed by atoms with Gasteiger partial charge in [0, 0.05) is 18.8 Å². The summed E-state index contributed by atoms with van der Waals surface area (Å²) in [6.45, 7) is 4.55. The summed E-state index contributed by atoms with van der Waals surface area (Å²) in [5.74, 6) is -1.82. The molecular weight excluding hydrogens is 442 g/mol. The van der Waals surface area contributed by atoms with Crippen molar-refractivity contribution in [3.05, 3.63) is 59.7 Å². The molecule has 1 N–H and O–H groups in total. The van der Waals surface area contributed by atoms with Crippen LogP contribution in [0.1, 0.15) is 53.8 Å². The van der Waals surface area contributed by atoms with Crippen molar-refractivity contribution in [2.75, 3.05) is 18.4 Å². The molecule has 33 heavy (non-hydrogen) atoms. The molecule has 0 aromatic heterocycles. The molecule has 174 valence electrons. The van der Waals surface area contributed by atoms with Crippen molar-refractivity contribution in [1.82, 2.24) is 9.21 Å². The lowest BCUT2D eigenvalue weighted by molar-refractivity contribution is -0.121. The molecule has 0 radical (unpaired) electrons. The van der Waals surface area contributed by atoms with Gasteiger partial charge in [-0.05, 0) is 55.2 Å². The number of hydrogen-bond acceptors (Lipinski definition) is 5. The van der Waals surface area contributed by atoms with Gasteiger partial charge >= 0.3 is 0 Å². The fourth-order valence-electron chi connectivity index (χ4n) is 4.36. The molecule has 1 saturated heterocycles. The van der Waals surface area contributed by atoms with E-state index in [2.05, 4.69) is 5.32 Å². The van der Waals surface area contributed by atoms with Gasteiger partial charge < -0.3 is 5.32 Å². The van der Waals surface area contributed by atoms with Crippen LogP contribution in [-0.4, -0.2) is 54.5 Å². The van der Waals surface area contributed by atoms with Crippen LogP contribution in [0, 0.1) is 5.92 Å². The number of benzene rings is 2. The van der Waals surface area contributed by atoms with Crippen molar-refractivity contribution in [1.29, 1.82) is 0 Å². The Balaban J connectivity index is 1.52. The lowest BCUT2D eigenvalue weighted by Crippen LogP contribution is -2.50. The first kappa shape index (κ1) is 23.1. The topological polar surface area (TPSA) is 104 Å². The minimum Gasteiger partial charge on any atom is -0.324 e. The predicted molar refractivity (Wildman–Crippen MR) is 123 cm³/mol. The third-order valence-electron chi connectivity index (χ3n) is 6.08. The zero-order valence-electron chi connectivity index (χ0n) is 18.7. The number of amides is 3. The van der Waals surface area contributed by atoms with E-state index in [-0.39, 0.29) is 21.9 Å². The van der Waals surface area contributed by atoms with Gasteiger partial charge in [-0.15, -0.1) is 0 Å². The van der Waals surface area contributed by atoms with Gasteiger partial charge in [-0.1, -0.05) is 32.4 Å². The van der Waals surface area contributed by atoms with Crippen LogP contribution in [0.2, 0.25) is 0 Å². The lowest BCUT2D eigenvalue weighted by atomic mass is 10.0. The normalized spacial score (nSPS) is 17.8. The van der Waals surface area contributed by atoms with Crippen molar-refractivity contribution < 1.29 is 22.8 Å². The van der Waals surface area contributed by atoms with E-state index in [4.69, 9.17) is 0 Å². The summed E-state index contributed by atoms with van der Waals surface area (Å²) in [4.78, 5) is 40.1. The summed E-state index contributed by atoms with van der Waals surface area (Å²) in [6, 6.07) is 11.5. The van der Waals surface area contributed by atoms with Crippen molar-refractivity contribution in [3.8, 4) is 0 Å². The van der Waals surface area contributed by atoms with Crippen LogP contribution >= 0.6 is 0 Å². The maximum absolute atomic E-state index is 13.1. The van der Waals surface area contributed by atoms with Crippen LogP contribution in [0.5, 0.6) is 0 Å². The first-order valence-electron chi connectivity index (χ1n) is 11.1. The summed E-state index contributed by atoms with van der Waals surface area (Å²) >= 11 is 0. The molecule has 9 heteroatoms. The van der Waals surface area contributed by atoms with Crippen LogP contribution in [0.25, 0.3) is 0 Å². The number of piperidine rings is 1. The predicted octanol–water partition coefficient (Wildman–Crippen LogP) is 3.12. The van der Waals surface area contributed by atoms with Gasteiger partial charge in [-0.2, -0.15) is 4.31 Å². The Morgan fingerprint density at radius 3 is 1.94 bits per heavy atom. The molecule has 2 aromatic carbocycles. The second kappa shape index (κ2) is 9.07. The number of fused-ring (bicyclic) bond motifs is 1. The fourth-order valence-corrected chi connectivity index (χ4v) is 5.88. The van der Waals surface area contributed by atoms with Gasteiger partial charge in [-0.25, -0.2) is 8.42 Å². The molecule has 1 unspecified atom stereocenters. The van der Waals surface area contributed by atoms with Gasteiger partial charge in [0.2, 0.25) is 15.9 Å². The second-order valence-electron chi connectivity index (χ2n) is 8.69. The van der Waals surface area contributed by atoms with Gasteiger partial charge in [0.05, 0.1) is 16.0 Å². The number of anilines is 1. The van der Waals surface area contributed by atoms with Crippen LogP contribution in [0.3, 0.4) is 0 Å². The van der Waals surface area contributed by atoms with Crippen LogP contribution in [0.15, 0.2) is 53.4 Å². The Morgan fingerprint density at radius 1 is 0.879 bits per heavy atom. The van der Waals surface area contributed by atoms with E-state index < -0.39 is 33.8 Å². The van der Waals surface area contributed by atoms with E-state index >= 15 is 0 Å². The first-order valence-corrected chi connectivity index (χ1v) is 12.5. The summed E-state index contributed by atoms with van der Waals surface area (Å²) in [7, 11) is -3.57. The van der Waals surface area contributed by atoms with E-state index in [1.54, 1.807) is 38.1 Å². The molecule has 2 aliphatic heterocycles. The van der Waals surface area contributed by atoms with E-state index in [9.17, 15) is 22.8 Å². The number of nitrogens with zero attached hydrogens (tertiary/aromatic N) is 2. The molecule has 0 spiro atoms. The largest absolute Gasteiger partial charge is 0.324 e. The Bertz CT molecular complexity index is 1150. The zero-order chi connectivity index (χ0) is 23.8. The Hall–Kier alpha value is -3.04. The highest BCUT2D eigenvalue weighted by molar-refractivity contribution is 7.89. The quantitative estimate of drug-likeness (QED) is 0.655. The highest BCUT2D eigenvalue weighted by atomic mass is 32.2. The fraction of sp³-hybridized carbons (Fsp3) is 0.375.